The quantitative estimate of drug-likeness (QED) is 0.865. The van der Waals surface area contributed by atoms with Gasteiger partial charge >= 0.3 is 12.1 Å². The third-order valence-corrected chi connectivity index (χ3v) is 3.88. The third kappa shape index (κ3) is 3.34. The van der Waals surface area contributed by atoms with E-state index in [1.807, 2.05) is 0 Å². The van der Waals surface area contributed by atoms with Crippen LogP contribution in [-0.2, 0) is 9.47 Å². The average molecular weight is 326 g/mol. The summed E-state index contributed by atoms with van der Waals surface area (Å²) in [7, 11) is 2.54. The Hall–Kier alpha value is -2.05. The number of carbonyl (C=O) groups excluding carboxylic acids is 2. The van der Waals surface area contributed by atoms with Crippen LogP contribution in [0, 0.1) is 0 Å². The molecule has 2 rings (SSSR count). The van der Waals surface area contributed by atoms with Gasteiger partial charge in [-0.3, -0.25) is 5.32 Å². The largest absolute Gasteiger partial charge is 0.465 e. The number of amides is 1. The number of carbonyl (C=O) groups is 2. The fraction of sp³-hybridized carbons (Fsp3) is 0.143. The van der Waals surface area contributed by atoms with E-state index in [1.165, 1.54) is 25.6 Å². The van der Waals surface area contributed by atoms with Crippen LogP contribution >= 0.6 is 22.9 Å². The molecule has 0 aliphatic rings. The van der Waals surface area contributed by atoms with Crippen molar-refractivity contribution in [1.29, 1.82) is 0 Å². The van der Waals surface area contributed by atoms with E-state index in [0.29, 0.717) is 15.6 Å². The number of halogens is 1. The molecule has 0 spiro atoms. The first kappa shape index (κ1) is 15.3. The lowest BCUT2D eigenvalue weighted by Gasteiger charge is -2.07. The van der Waals surface area contributed by atoms with E-state index in [-0.39, 0.29) is 5.56 Å². The Morgan fingerprint density at radius 1 is 1.14 bits per heavy atom. The molecule has 2 aromatic rings. The summed E-state index contributed by atoms with van der Waals surface area (Å²) >= 11 is 7.08. The van der Waals surface area contributed by atoms with Crippen molar-refractivity contribution in [2.75, 3.05) is 19.5 Å². The van der Waals surface area contributed by atoms with E-state index in [9.17, 15) is 9.59 Å². The summed E-state index contributed by atoms with van der Waals surface area (Å²) in [6.07, 6.45) is -0.648. The summed E-state index contributed by atoms with van der Waals surface area (Å²) in [6, 6.07) is 7.03. The van der Waals surface area contributed by atoms with Crippen LogP contribution in [0.3, 0.4) is 0 Å². The van der Waals surface area contributed by atoms with Crippen molar-refractivity contribution >= 4 is 40.0 Å². The maximum absolute atomic E-state index is 12.0. The van der Waals surface area contributed by atoms with Gasteiger partial charge in [-0.1, -0.05) is 23.7 Å². The number of anilines is 1. The second-order valence-corrected chi connectivity index (χ2v) is 5.28. The SMILES string of the molecule is COC(=O)Nc1scc(-c2ccc(Cl)cc2)c1C(=O)OC. The summed E-state index contributed by atoms with van der Waals surface area (Å²) in [5.74, 6) is -0.535. The Morgan fingerprint density at radius 2 is 1.81 bits per heavy atom. The van der Waals surface area contributed by atoms with Gasteiger partial charge in [-0.05, 0) is 17.7 Å². The second-order valence-electron chi connectivity index (χ2n) is 3.97. The van der Waals surface area contributed by atoms with Crippen LogP contribution in [0.2, 0.25) is 5.02 Å². The molecule has 1 amide bonds. The molecule has 0 atom stereocenters. The molecule has 110 valence electrons. The van der Waals surface area contributed by atoms with Crippen molar-refractivity contribution in [3.63, 3.8) is 0 Å². The van der Waals surface area contributed by atoms with Crippen LogP contribution in [-0.4, -0.2) is 26.3 Å². The number of esters is 1. The second kappa shape index (κ2) is 6.60. The Labute approximate surface area is 130 Å². The predicted molar refractivity (Wildman–Crippen MR) is 82.1 cm³/mol. The van der Waals surface area contributed by atoms with E-state index in [1.54, 1.807) is 29.6 Å². The van der Waals surface area contributed by atoms with Crippen LogP contribution in [0.5, 0.6) is 0 Å². The molecule has 0 unspecified atom stereocenters. The molecule has 7 heteroatoms. The highest BCUT2D eigenvalue weighted by Gasteiger charge is 2.22. The standard InChI is InChI=1S/C14H12ClNO4S/c1-19-13(17)11-10(8-3-5-9(15)6-4-8)7-21-12(11)16-14(18)20-2/h3-7H,1-2H3,(H,16,18). The number of methoxy groups -OCH3 is 2. The lowest BCUT2D eigenvalue weighted by atomic mass is 10.0. The van der Waals surface area contributed by atoms with Gasteiger partial charge in [-0.25, -0.2) is 9.59 Å². The maximum atomic E-state index is 12.0. The molecule has 0 aliphatic carbocycles. The van der Waals surface area contributed by atoms with Crippen molar-refractivity contribution in [2.24, 2.45) is 0 Å². The minimum atomic E-state index is -0.648. The number of nitrogens with one attached hydrogen (secondary N) is 1. The van der Waals surface area contributed by atoms with Gasteiger partial charge in [0.1, 0.15) is 10.6 Å². The van der Waals surface area contributed by atoms with Crippen molar-refractivity contribution in [1.82, 2.24) is 0 Å². The van der Waals surface area contributed by atoms with E-state index < -0.39 is 12.1 Å². The highest BCUT2D eigenvalue weighted by atomic mass is 35.5. The summed E-state index contributed by atoms with van der Waals surface area (Å²) in [6.45, 7) is 0. The molecular formula is C14H12ClNO4S. The third-order valence-electron chi connectivity index (χ3n) is 2.74. The number of hydrogen-bond donors (Lipinski definition) is 1. The van der Waals surface area contributed by atoms with E-state index >= 15 is 0 Å². The van der Waals surface area contributed by atoms with Gasteiger partial charge in [0.15, 0.2) is 0 Å². The Balaban J connectivity index is 2.48. The lowest BCUT2D eigenvalue weighted by Crippen LogP contribution is -2.13. The summed E-state index contributed by atoms with van der Waals surface area (Å²) in [5.41, 5.74) is 1.75. The molecule has 1 aromatic heterocycles. The summed E-state index contributed by atoms with van der Waals surface area (Å²) < 4.78 is 9.33. The maximum Gasteiger partial charge on any atom is 0.411 e. The number of benzene rings is 1. The van der Waals surface area contributed by atoms with Crippen LogP contribution in [0.1, 0.15) is 10.4 Å². The Morgan fingerprint density at radius 3 is 2.38 bits per heavy atom. The minimum Gasteiger partial charge on any atom is -0.465 e. The summed E-state index contributed by atoms with van der Waals surface area (Å²) in [5, 5.41) is 5.24. The topological polar surface area (TPSA) is 64.6 Å². The average Bonchev–Trinajstić information content (AvgIpc) is 2.90. The minimum absolute atomic E-state index is 0.287. The molecule has 1 heterocycles. The molecule has 1 aromatic carbocycles. The molecule has 21 heavy (non-hydrogen) atoms. The molecular weight excluding hydrogens is 314 g/mol. The van der Waals surface area contributed by atoms with Gasteiger partial charge in [0.05, 0.1) is 14.2 Å². The van der Waals surface area contributed by atoms with Crippen LogP contribution in [0.15, 0.2) is 29.6 Å². The molecule has 0 fully saturated rings. The normalized spacial score (nSPS) is 10.0. The van der Waals surface area contributed by atoms with E-state index in [4.69, 9.17) is 16.3 Å². The van der Waals surface area contributed by atoms with Crippen LogP contribution in [0.4, 0.5) is 9.80 Å². The van der Waals surface area contributed by atoms with Crippen molar-refractivity contribution in [3.8, 4) is 11.1 Å². The van der Waals surface area contributed by atoms with Gasteiger partial charge in [0.25, 0.3) is 0 Å². The molecule has 0 saturated heterocycles. The Kier molecular flexibility index (Phi) is 4.82. The molecule has 5 nitrogen and oxygen atoms in total. The van der Waals surface area contributed by atoms with Crippen molar-refractivity contribution in [3.05, 3.63) is 40.2 Å². The number of rotatable bonds is 3. The zero-order chi connectivity index (χ0) is 15.4. The molecule has 1 N–H and O–H groups in total. The van der Waals surface area contributed by atoms with Crippen molar-refractivity contribution in [2.45, 2.75) is 0 Å². The van der Waals surface area contributed by atoms with Gasteiger partial charge in [0, 0.05) is 16.0 Å². The fourth-order valence-electron chi connectivity index (χ4n) is 1.74. The number of ether oxygens (including phenoxy) is 2. The van der Waals surface area contributed by atoms with Gasteiger partial charge in [-0.15, -0.1) is 11.3 Å². The number of hydrogen-bond acceptors (Lipinski definition) is 5. The van der Waals surface area contributed by atoms with Gasteiger partial charge in [-0.2, -0.15) is 0 Å². The highest BCUT2D eigenvalue weighted by molar-refractivity contribution is 7.15. The first-order chi connectivity index (χ1) is 10.1. The zero-order valence-electron chi connectivity index (χ0n) is 11.3. The fourth-order valence-corrected chi connectivity index (χ4v) is 2.81. The lowest BCUT2D eigenvalue weighted by molar-refractivity contribution is 0.0603. The highest BCUT2D eigenvalue weighted by Crippen LogP contribution is 2.36. The van der Waals surface area contributed by atoms with E-state index in [0.717, 1.165) is 5.56 Å². The van der Waals surface area contributed by atoms with Crippen LogP contribution < -0.4 is 5.32 Å². The Bertz CT molecular complexity index is 666. The first-order valence-corrected chi connectivity index (χ1v) is 7.13. The molecule has 0 saturated carbocycles. The number of thiophene rings is 1. The van der Waals surface area contributed by atoms with Crippen LogP contribution in [0.25, 0.3) is 11.1 Å². The zero-order valence-corrected chi connectivity index (χ0v) is 12.9. The van der Waals surface area contributed by atoms with E-state index in [2.05, 4.69) is 10.1 Å². The monoisotopic (exact) mass is 325 g/mol. The smallest absolute Gasteiger partial charge is 0.411 e. The molecule has 0 aliphatic heterocycles. The van der Waals surface area contributed by atoms with Gasteiger partial charge < -0.3 is 9.47 Å². The molecule has 0 bridgehead atoms. The van der Waals surface area contributed by atoms with Crippen molar-refractivity contribution < 1.29 is 19.1 Å². The summed E-state index contributed by atoms with van der Waals surface area (Å²) in [4.78, 5) is 23.3. The molecule has 0 radical (unpaired) electrons. The predicted octanol–water partition coefficient (Wildman–Crippen LogP) is 4.03. The first-order valence-electron chi connectivity index (χ1n) is 5.87. The van der Waals surface area contributed by atoms with Gasteiger partial charge in [0.2, 0.25) is 0 Å².